The van der Waals surface area contributed by atoms with Crippen molar-refractivity contribution in [1.82, 2.24) is 0 Å². The molecule has 0 bridgehead atoms. The summed E-state index contributed by atoms with van der Waals surface area (Å²) in [5, 5.41) is 0. The van der Waals surface area contributed by atoms with E-state index in [0.717, 1.165) is 0 Å². The van der Waals surface area contributed by atoms with Crippen molar-refractivity contribution in [2.75, 3.05) is 12.0 Å². The molecule has 0 fully saturated rings. The van der Waals surface area contributed by atoms with E-state index in [1.165, 1.54) is 26.0 Å². The van der Waals surface area contributed by atoms with Crippen LogP contribution in [0.1, 0.15) is 28.5 Å². The van der Waals surface area contributed by atoms with Crippen molar-refractivity contribution in [3.63, 3.8) is 0 Å². The molecule has 0 saturated heterocycles. The van der Waals surface area contributed by atoms with Crippen LogP contribution in [0.2, 0.25) is 0 Å². The SMILES string of the molecule is CCCCSC.[2H]C. The molecule has 0 aliphatic carbocycles. The number of thioether (sulfide) groups is 1. The van der Waals surface area contributed by atoms with Crippen LogP contribution in [0.3, 0.4) is 0 Å². The monoisotopic (exact) mass is 121 g/mol. The molecular formula is C6H16S. The lowest BCUT2D eigenvalue weighted by molar-refractivity contribution is 0.897. The maximum absolute atomic E-state index is 5.75. The quantitative estimate of drug-likeness (QED) is 0.517. The number of rotatable bonds is 3. The summed E-state index contributed by atoms with van der Waals surface area (Å²) in [6, 6.07) is 0. The van der Waals surface area contributed by atoms with Gasteiger partial charge in [-0.3, -0.25) is 0 Å². The first kappa shape index (κ1) is 7.35. The Morgan fingerprint density at radius 3 is 2.43 bits per heavy atom. The maximum atomic E-state index is 5.75. The van der Waals surface area contributed by atoms with Gasteiger partial charge < -0.3 is 0 Å². The minimum absolute atomic E-state index is 1.25. The summed E-state index contributed by atoms with van der Waals surface area (Å²) in [7, 11) is 1.25. The third kappa shape index (κ3) is 10.7. The molecule has 0 unspecified atom stereocenters. The van der Waals surface area contributed by atoms with Crippen LogP contribution in [-0.2, 0) is 0 Å². The molecule has 0 nitrogen and oxygen atoms in total. The van der Waals surface area contributed by atoms with Crippen molar-refractivity contribution in [3.8, 4) is 0 Å². The largest absolute Gasteiger partial charge is 0.165 e. The van der Waals surface area contributed by atoms with Crippen molar-refractivity contribution in [1.29, 1.82) is 0 Å². The van der Waals surface area contributed by atoms with Gasteiger partial charge in [-0.25, -0.2) is 0 Å². The Balaban J connectivity index is 0. The van der Waals surface area contributed by atoms with Gasteiger partial charge in [0.1, 0.15) is 0 Å². The molecule has 0 aromatic heterocycles. The fourth-order valence-electron chi connectivity index (χ4n) is 0.289. The highest BCUT2D eigenvalue weighted by Crippen LogP contribution is 1.96. The van der Waals surface area contributed by atoms with E-state index >= 15 is 0 Å². The van der Waals surface area contributed by atoms with Crippen LogP contribution in [0.25, 0.3) is 0 Å². The van der Waals surface area contributed by atoms with Gasteiger partial charge in [0.25, 0.3) is 0 Å². The van der Waals surface area contributed by atoms with Crippen LogP contribution in [0.4, 0.5) is 0 Å². The normalized spacial score (nSPS) is 8.71. The Morgan fingerprint density at radius 1 is 1.71 bits per heavy atom. The summed E-state index contributed by atoms with van der Waals surface area (Å²) in [5.41, 5.74) is 0. The molecule has 0 rings (SSSR count). The summed E-state index contributed by atoms with van der Waals surface area (Å²) in [6.07, 6.45) is 4.86. The highest BCUT2D eigenvalue weighted by molar-refractivity contribution is 7.98. The second kappa shape index (κ2) is 9.61. The molecule has 0 aromatic rings. The molecule has 0 spiro atoms. The number of hydrogen-bond acceptors (Lipinski definition) is 1. The molecule has 0 aromatic carbocycles. The lowest BCUT2D eigenvalue weighted by atomic mass is 10.4. The van der Waals surface area contributed by atoms with Crippen molar-refractivity contribution >= 4 is 11.8 Å². The zero-order chi connectivity index (χ0) is 6.83. The van der Waals surface area contributed by atoms with Gasteiger partial charge in [0.15, 0.2) is 0 Å². The van der Waals surface area contributed by atoms with Crippen molar-refractivity contribution in [2.45, 2.75) is 27.2 Å². The lowest BCUT2D eigenvalue weighted by Crippen LogP contribution is -1.71. The summed E-state index contributed by atoms with van der Waals surface area (Å²) in [5.74, 6) is 1.33. The number of unbranched alkanes of at least 4 members (excludes halogenated alkanes) is 1. The van der Waals surface area contributed by atoms with Gasteiger partial charge >= 0.3 is 0 Å². The Labute approximate surface area is 53.1 Å². The van der Waals surface area contributed by atoms with E-state index in [9.17, 15) is 0 Å². The molecule has 0 heterocycles. The highest BCUT2D eigenvalue weighted by atomic mass is 32.2. The highest BCUT2D eigenvalue weighted by Gasteiger charge is 1.75. The molecule has 0 N–H and O–H groups in total. The molecule has 0 aliphatic heterocycles. The summed E-state index contributed by atoms with van der Waals surface area (Å²) in [4.78, 5) is 0. The third-order valence-electron chi connectivity index (χ3n) is 0.702. The fraction of sp³-hybridized carbons (Fsp3) is 1.00. The van der Waals surface area contributed by atoms with Gasteiger partial charge in [-0.1, -0.05) is 20.7 Å². The van der Waals surface area contributed by atoms with Crippen LogP contribution >= 0.6 is 11.8 Å². The molecule has 46 valence electrons. The molecule has 0 radical (unpaired) electrons. The van der Waals surface area contributed by atoms with Crippen molar-refractivity contribution in [2.24, 2.45) is 0 Å². The molecule has 0 aliphatic rings. The van der Waals surface area contributed by atoms with Crippen LogP contribution < -0.4 is 0 Å². The average molecular weight is 121 g/mol. The van der Waals surface area contributed by atoms with Gasteiger partial charge in [0, 0.05) is 1.37 Å². The molecule has 0 saturated carbocycles. The van der Waals surface area contributed by atoms with Gasteiger partial charge in [-0.05, 0) is 18.4 Å². The first-order valence-corrected chi connectivity index (χ1v) is 3.80. The average Bonchev–Trinajstić information content (AvgIpc) is 1.88. The van der Waals surface area contributed by atoms with E-state index in [2.05, 4.69) is 13.2 Å². The van der Waals surface area contributed by atoms with E-state index in [1.54, 1.807) is 0 Å². The van der Waals surface area contributed by atoms with Crippen LogP contribution in [0.5, 0.6) is 0 Å². The Kier molecular flexibility index (Phi) is 10.1. The lowest BCUT2D eigenvalue weighted by Gasteiger charge is -1.86. The van der Waals surface area contributed by atoms with E-state index in [1.807, 2.05) is 11.8 Å². The van der Waals surface area contributed by atoms with Crippen LogP contribution in [0, 0.1) is 0 Å². The zero-order valence-electron chi connectivity index (χ0n) is 6.53. The van der Waals surface area contributed by atoms with Crippen molar-refractivity contribution < 1.29 is 1.37 Å². The minimum Gasteiger partial charge on any atom is -0.165 e. The second-order valence-corrected chi connectivity index (χ2v) is 2.33. The molecular weight excluding hydrogens is 104 g/mol. The van der Waals surface area contributed by atoms with Crippen LogP contribution in [0.15, 0.2) is 0 Å². The first-order chi connectivity index (χ1) is 3.91. The maximum Gasteiger partial charge on any atom is 0.0194 e. The van der Waals surface area contributed by atoms with Gasteiger partial charge in [0.2, 0.25) is 0 Å². The molecule has 7 heavy (non-hydrogen) atoms. The van der Waals surface area contributed by atoms with E-state index in [0.29, 0.717) is 0 Å². The van der Waals surface area contributed by atoms with Gasteiger partial charge in [0.05, 0.1) is 0 Å². The topological polar surface area (TPSA) is 0 Å². The minimum atomic E-state index is 1.25. The molecule has 1 heteroatoms. The molecule has 0 amide bonds. The zero-order valence-corrected chi connectivity index (χ0v) is 6.35. The summed E-state index contributed by atoms with van der Waals surface area (Å²) < 4.78 is 5.75. The Morgan fingerprint density at radius 2 is 2.29 bits per heavy atom. The Bertz CT molecular complexity index is 20.5. The standard InChI is InChI=1S/C5H12S.CH4/c1-3-4-5-6-2;/h3-5H2,1-2H3;1H4/i;1D. The van der Waals surface area contributed by atoms with Gasteiger partial charge in [-0.2, -0.15) is 11.8 Å². The van der Waals surface area contributed by atoms with E-state index < -0.39 is 0 Å². The smallest absolute Gasteiger partial charge is 0.0194 e. The molecule has 0 atom stereocenters. The summed E-state index contributed by atoms with van der Waals surface area (Å²) in [6.45, 7) is 2.22. The fourth-order valence-corrected chi connectivity index (χ4v) is 0.866. The van der Waals surface area contributed by atoms with Crippen LogP contribution in [-0.4, -0.2) is 12.0 Å². The van der Waals surface area contributed by atoms with Crippen molar-refractivity contribution in [3.05, 3.63) is 0 Å². The third-order valence-corrected chi connectivity index (χ3v) is 1.40. The Hall–Kier alpha value is 0.350. The first-order valence-electron chi connectivity index (χ1n) is 3.40. The number of hydrogen-bond donors (Lipinski definition) is 0. The second-order valence-electron chi connectivity index (χ2n) is 1.35. The predicted molar refractivity (Wildman–Crippen MR) is 40.0 cm³/mol. The summed E-state index contributed by atoms with van der Waals surface area (Å²) >= 11 is 1.93. The predicted octanol–water partition coefficient (Wildman–Crippen LogP) is 2.79. The van der Waals surface area contributed by atoms with E-state index in [-0.39, 0.29) is 0 Å². The van der Waals surface area contributed by atoms with E-state index in [4.69, 9.17) is 1.37 Å². The van der Waals surface area contributed by atoms with Gasteiger partial charge in [-0.15, -0.1) is 0 Å².